The van der Waals surface area contributed by atoms with Crippen LogP contribution in [0.2, 0.25) is 0 Å². The molecule has 2 aromatic carbocycles. The number of aryl methyl sites for hydroxylation is 1. The molecule has 22 heavy (non-hydrogen) atoms. The van der Waals surface area contributed by atoms with Crippen molar-refractivity contribution in [1.82, 2.24) is 5.32 Å². The van der Waals surface area contributed by atoms with Crippen LogP contribution >= 0.6 is 0 Å². The Labute approximate surface area is 134 Å². The van der Waals surface area contributed by atoms with Crippen LogP contribution < -0.4 is 10.1 Å². The molecule has 118 valence electrons. The highest BCUT2D eigenvalue weighted by molar-refractivity contribution is 5.28. The van der Waals surface area contributed by atoms with Crippen molar-refractivity contribution in [2.24, 2.45) is 0 Å². The van der Waals surface area contributed by atoms with Gasteiger partial charge in [-0.1, -0.05) is 49.4 Å². The molecule has 0 amide bonds. The highest BCUT2D eigenvalue weighted by Gasteiger charge is 2.02. The van der Waals surface area contributed by atoms with Crippen LogP contribution in [0.25, 0.3) is 0 Å². The summed E-state index contributed by atoms with van der Waals surface area (Å²) in [5.41, 5.74) is 2.69. The molecule has 2 heteroatoms. The molecular formula is C20H27NO. The molecule has 2 rings (SSSR count). The lowest BCUT2D eigenvalue weighted by molar-refractivity contribution is 0.217. The fraction of sp³-hybridized carbons (Fsp3) is 0.400. The van der Waals surface area contributed by atoms with Gasteiger partial charge >= 0.3 is 0 Å². The van der Waals surface area contributed by atoms with Gasteiger partial charge in [-0.25, -0.2) is 0 Å². The molecule has 0 heterocycles. The molecule has 0 saturated carbocycles. The van der Waals surface area contributed by atoms with Gasteiger partial charge in [-0.05, 0) is 56.0 Å². The highest BCUT2D eigenvalue weighted by atomic mass is 16.5. The Kier molecular flexibility index (Phi) is 6.98. The number of ether oxygens (including phenoxy) is 1. The minimum absolute atomic E-state index is 0.272. The van der Waals surface area contributed by atoms with E-state index in [1.54, 1.807) is 0 Å². The third-order valence-electron chi connectivity index (χ3n) is 3.80. The zero-order chi connectivity index (χ0) is 15.6. The van der Waals surface area contributed by atoms with E-state index in [0.717, 1.165) is 38.1 Å². The Morgan fingerprint density at radius 3 is 2.55 bits per heavy atom. The topological polar surface area (TPSA) is 21.3 Å². The summed E-state index contributed by atoms with van der Waals surface area (Å²) >= 11 is 0. The Bertz CT molecular complexity index is 538. The van der Waals surface area contributed by atoms with Crippen molar-refractivity contribution in [2.75, 3.05) is 6.54 Å². The maximum atomic E-state index is 5.86. The molecule has 1 atom stereocenters. The largest absolute Gasteiger partial charge is 0.491 e. The second-order valence-electron chi connectivity index (χ2n) is 5.75. The van der Waals surface area contributed by atoms with E-state index in [-0.39, 0.29) is 6.10 Å². The van der Waals surface area contributed by atoms with Gasteiger partial charge in [-0.2, -0.15) is 0 Å². The first-order chi connectivity index (χ1) is 10.8. The molecule has 0 aliphatic carbocycles. The fourth-order valence-electron chi connectivity index (χ4n) is 2.34. The highest BCUT2D eigenvalue weighted by Crippen LogP contribution is 2.15. The van der Waals surface area contributed by atoms with E-state index in [0.29, 0.717) is 0 Å². The summed E-state index contributed by atoms with van der Waals surface area (Å²) in [5, 5.41) is 3.51. The van der Waals surface area contributed by atoms with Crippen molar-refractivity contribution in [2.45, 2.75) is 45.8 Å². The van der Waals surface area contributed by atoms with Gasteiger partial charge in [0.15, 0.2) is 0 Å². The van der Waals surface area contributed by atoms with Crippen molar-refractivity contribution in [1.29, 1.82) is 0 Å². The normalized spacial score (nSPS) is 12.1. The number of nitrogens with one attached hydrogen (secondary N) is 1. The maximum absolute atomic E-state index is 5.86. The predicted octanol–water partition coefficient (Wildman–Crippen LogP) is 4.59. The van der Waals surface area contributed by atoms with Crippen LogP contribution in [0.1, 0.15) is 37.8 Å². The molecule has 2 aromatic rings. The fourth-order valence-corrected chi connectivity index (χ4v) is 2.34. The minimum atomic E-state index is 0.272. The molecule has 0 spiro atoms. The van der Waals surface area contributed by atoms with E-state index in [1.807, 2.05) is 6.07 Å². The van der Waals surface area contributed by atoms with Gasteiger partial charge in [0.05, 0.1) is 6.10 Å². The summed E-state index contributed by atoms with van der Waals surface area (Å²) in [6, 6.07) is 19.0. The predicted molar refractivity (Wildman–Crippen MR) is 93.3 cm³/mol. The van der Waals surface area contributed by atoms with Crippen molar-refractivity contribution in [3.8, 4) is 5.75 Å². The monoisotopic (exact) mass is 297 g/mol. The molecular weight excluding hydrogens is 270 g/mol. The quantitative estimate of drug-likeness (QED) is 0.684. The Hall–Kier alpha value is -1.80. The lowest BCUT2D eigenvalue weighted by atomic mass is 10.1. The van der Waals surface area contributed by atoms with Gasteiger partial charge in [-0.3, -0.25) is 0 Å². The molecule has 1 N–H and O–H groups in total. The molecule has 0 aromatic heterocycles. The second-order valence-corrected chi connectivity index (χ2v) is 5.75. The SMILES string of the molecule is CCC(C)Oc1cccc(CNCCCc2ccccc2)c1. The number of rotatable bonds is 9. The van der Waals surface area contributed by atoms with Gasteiger partial charge in [0.25, 0.3) is 0 Å². The molecule has 0 fully saturated rings. The van der Waals surface area contributed by atoms with E-state index in [4.69, 9.17) is 4.74 Å². The third-order valence-corrected chi connectivity index (χ3v) is 3.80. The van der Waals surface area contributed by atoms with E-state index in [2.05, 4.69) is 67.7 Å². The molecule has 0 saturated heterocycles. The van der Waals surface area contributed by atoms with Crippen LogP contribution in [-0.2, 0) is 13.0 Å². The Morgan fingerprint density at radius 2 is 1.77 bits per heavy atom. The van der Waals surface area contributed by atoms with Crippen molar-refractivity contribution in [3.63, 3.8) is 0 Å². The smallest absolute Gasteiger partial charge is 0.120 e. The average Bonchev–Trinajstić information content (AvgIpc) is 2.56. The standard InChI is InChI=1S/C20H27NO/c1-3-17(2)22-20-13-7-11-19(15-20)16-21-14-8-12-18-9-5-4-6-10-18/h4-7,9-11,13,15,17,21H,3,8,12,14,16H2,1-2H3. The first-order valence-corrected chi connectivity index (χ1v) is 8.28. The van der Waals surface area contributed by atoms with Crippen molar-refractivity contribution >= 4 is 0 Å². The van der Waals surface area contributed by atoms with Gasteiger partial charge in [-0.15, -0.1) is 0 Å². The summed E-state index contributed by atoms with van der Waals surface area (Å²) in [6.45, 7) is 6.18. The molecule has 1 unspecified atom stereocenters. The summed E-state index contributed by atoms with van der Waals surface area (Å²) < 4.78 is 5.86. The zero-order valence-electron chi connectivity index (χ0n) is 13.7. The van der Waals surface area contributed by atoms with Crippen LogP contribution in [0.4, 0.5) is 0 Å². The van der Waals surface area contributed by atoms with Gasteiger partial charge in [0.1, 0.15) is 5.75 Å². The lowest BCUT2D eigenvalue weighted by Gasteiger charge is -2.13. The summed E-state index contributed by atoms with van der Waals surface area (Å²) in [4.78, 5) is 0. The minimum Gasteiger partial charge on any atom is -0.491 e. The van der Waals surface area contributed by atoms with E-state index >= 15 is 0 Å². The molecule has 0 radical (unpaired) electrons. The van der Waals surface area contributed by atoms with E-state index < -0.39 is 0 Å². The van der Waals surface area contributed by atoms with Gasteiger partial charge in [0.2, 0.25) is 0 Å². The van der Waals surface area contributed by atoms with Crippen LogP contribution in [0.5, 0.6) is 5.75 Å². The van der Waals surface area contributed by atoms with E-state index in [9.17, 15) is 0 Å². The summed E-state index contributed by atoms with van der Waals surface area (Å²) in [5.74, 6) is 0.970. The summed E-state index contributed by atoms with van der Waals surface area (Å²) in [6.07, 6.45) is 3.59. The van der Waals surface area contributed by atoms with Crippen molar-refractivity contribution in [3.05, 3.63) is 65.7 Å². The first kappa shape index (κ1) is 16.6. The summed E-state index contributed by atoms with van der Waals surface area (Å²) in [7, 11) is 0. The average molecular weight is 297 g/mol. The number of benzene rings is 2. The molecule has 0 bridgehead atoms. The first-order valence-electron chi connectivity index (χ1n) is 8.28. The number of hydrogen-bond donors (Lipinski definition) is 1. The van der Waals surface area contributed by atoms with Crippen LogP contribution in [0.15, 0.2) is 54.6 Å². The number of hydrogen-bond acceptors (Lipinski definition) is 2. The van der Waals surface area contributed by atoms with Crippen LogP contribution in [0.3, 0.4) is 0 Å². The second kappa shape index (κ2) is 9.26. The van der Waals surface area contributed by atoms with Gasteiger partial charge in [0, 0.05) is 6.54 Å². The molecule has 2 nitrogen and oxygen atoms in total. The molecule has 0 aliphatic rings. The molecule has 0 aliphatic heterocycles. The third kappa shape index (κ3) is 5.90. The van der Waals surface area contributed by atoms with E-state index in [1.165, 1.54) is 11.1 Å². The van der Waals surface area contributed by atoms with Crippen LogP contribution in [0, 0.1) is 0 Å². The zero-order valence-corrected chi connectivity index (χ0v) is 13.7. The van der Waals surface area contributed by atoms with Crippen LogP contribution in [-0.4, -0.2) is 12.6 Å². The Morgan fingerprint density at radius 1 is 1.00 bits per heavy atom. The maximum Gasteiger partial charge on any atom is 0.120 e. The Balaban J connectivity index is 1.69. The van der Waals surface area contributed by atoms with Crippen molar-refractivity contribution < 1.29 is 4.74 Å². The van der Waals surface area contributed by atoms with Gasteiger partial charge < -0.3 is 10.1 Å². The lowest BCUT2D eigenvalue weighted by Crippen LogP contribution is -2.15.